The van der Waals surface area contributed by atoms with Crippen LogP contribution in [-0.2, 0) is 14.3 Å². The predicted molar refractivity (Wildman–Crippen MR) is 68.8 cm³/mol. The van der Waals surface area contributed by atoms with Crippen molar-refractivity contribution < 1.29 is 19.4 Å². The van der Waals surface area contributed by atoms with Crippen LogP contribution in [0.3, 0.4) is 0 Å². The molecule has 3 atom stereocenters. The van der Waals surface area contributed by atoms with E-state index in [0.717, 1.165) is 0 Å². The molecule has 0 spiro atoms. The van der Waals surface area contributed by atoms with E-state index in [9.17, 15) is 9.59 Å². The van der Waals surface area contributed by atoms with E-state index in [1.165, 1.54) is 0 Å². The van der Waals surface area contributed by atoms with Gasteiger partial charge in [-0.3, -0.25) is 14.5 Å². The molecule has 2 aliphatic rings. The summed E-state index contributed by atoms with van der Waals surface area (Å²) < 4.78 is 5.41. The molecule has 6 heteroatoms. The molecule has 0 bridgehead atoms. The first-order valence-electron chi connectivity index (χ1n) is 6.85. The zero-order valence-electron chi connectivity index (χ0n) is 11.5. The van der Waals surface area contributed by atoms with E-state index < -0.39 is 5.97 Å². The van der Waals surface area contributed by atoms with Gasteiger partial charge < -0.3 is 14.7 Å². The second-order valence-electron chi connectivity index (χ2n) is 5.47. The molecule has 2 rings (SSSR count). The molecule has 0 radical (unpaired) electrons. The standard InChI is InChI=1S/C13H22N2O4/c1-9-7-15(5-6-19-9)12(16)8-14-4-3-11(10(14)2)13(17)18/h9-11H,3-8H2,1-2H3,(H,17,18). The van der Waals surface area contributed by atoms with Gasteiger partial charge in [0.1, 0.15) is 0 Å². The molecule has 108 valence electrons. The van der Waals surface area contributed by atoms with Gasteiger partial charge in [0.15, 0.2) is 0 Å². The average Bonchev–Trinajstić information content (AvgIpc) is 2.71. The smallest absolute Gasteiger partial charge is 0.308 e. The lowest BCUT2D eigenvalue weighted by molar-refractivity contribution is -0.144. The zero-order valence-corrected chi connectivity index (χ0v) is 11.5. The van der Waals surface area contributed by atoms with Gasteiger partial charge in [0.05, 0.1) is 25.2 Å². The molecule has 0 aromatic heterocycles. The summed E-state index contributed by atoms with van der Waals surface area (Å²) >= 11 is 0. The molecule has 1 amide bonds. The highest BCUT2D eigenvalue weighted by Crippen LogP contribution is 2.24. The minimum atomic E-state index is -0.762. The van der Waals surface area contributed by atoms with E-state index in [-0.39, 0.29) is 24.0 Å². The summed E-state index contributed by atoms with van der Waals surface area (Å²) in [6, 6.07) is -0.0695. The SMILES string of the molecule is CC1CN(C(=O)CN2CCC(C(=O)O)C2C)CCO1. The highest BCUT2D eigenvalue weighted by Gasteiger charge is 2.37. The Kier molecular flexibility index (Phi) is 4.42. The van der Waals surface area contributed by atoms with Gasteiger partial charge in [0.2, 0.25) is 5.91 Å². The highest BCUT2D eigenvalue weighted by atomic mass is 16.5. The molecule has 2 aliphatic heterocycles. The molecule has 2 fully saturated rings. The Hall–Kier alpha value is -1.14. The number of carbonyl (C=O) groups excluding carboxylic acids is 1. The van der Waals surface area contributed by atoms with E-state index >= 15 is 0 Å². The van der Waals surface area contributed by atoms with Crippen LogP contribution in [0.4, 0.5) is 0 Å². The van der Waals surface area contributed by atoms with E-state index in [4.69, 9.17) is 9.84 Å². The van der Waals surface area contributed by atoms with Gasteiger partial charge in [-0.15, -0.1) is 0 Å². The Morgan fingerprint density at radius 1 is 1.32 bits per heavy atom. The largest absolute Gasteiger partial charge is 0.481 e. The molecule has 19 heavy (non-hydrogen) atoms. The molecule has 2 saturated heterocycles. The number of ether oxygens (including phenoxy) is 1. The van der Waals surface area contributed by atoms with Gasteiger partial charge in [0.25, 0.3) is 0 Å². The Balaban J connectivity index is 1.87. The maximum atomic E-state index is 12.2. The minimum Gasteiger partial charge on any atom is -0.481 e. The third-order valence-corrected chi connectivity index (χ3v) is 4.13. The lowest BCUT2D eigenvalue weighted by Gasteiger charge is -2.33. The molecular weight excluding hydrogens is 248 g/mol. The summed E-state index contributed by atoms with van der Waals surface area (Å²) in [4.78, 5) is 27.0. The third kappa shape index (κ3) is 3.25. The monoisotopic (exact) mass is 270 g/mol. The molecule has 0 aliphatic carbocycles. The van der Waals surface area contributed by atoms with Gasteiger partial charge in [-0.05, 0) is 26.8 Å². The molecule has 1 N–H and O–H groups in total. The number of hydrogen-bond acceptors (Lipinski definition) is 4. The number of carbonyl (C=O) groups is 2. The van der Waals surface area contributed by atoms with Crippen LogP contribution in [0.1, 0.15) is 20.3 Å². The predicted octanol–water partition coefficient (Wildman–Crippen LogP) is 0.0287. The quantitative estimate of drug-likeness (QED) is 0.783. The lowest BCUT2D eigenvalue weighted by Crippen LogP contribution is -2.49. The minimum absolute atomic E-state index is 0.0695. The highest BCUT2D eigenvalue weighted by molar-refractivity contribution is 5.79. The number of likely N-dealkylation sites (tertiary alicyclic amines) is 1. The van der Waals surface area contributed by atoms with Crippen LogP contribution in [0.15, 0.2) is 0 Å². The van der Waals surface area contributed by atoms with Crippen molar-refractivity contribution in [2.24, 2.45) is 5.92 Å². The number of amides is 1. The number of hydrogen-bond donors (Lipinski definition) is 1. The second-order valence-corrected chi connectivity index (χ2v) is 5.47. The van der Waals surface area contributed by atoms with Crippen molar-refractivity contribution in [3.8, 4) is 0 Å². The number of aliphatic carboxylic acids is 1. The summed E-state index contributed by atoms with van der Waals surface area (Å²) in [6.45, 7) is 6.69. The van der Waals surface area contributed by atoms with Crippen LogP contribution in [0.25, 0.3) is 0 Å². The summed E-state index contributed by atoms with van der Waals surface area (Å²) in [6.07, 6.45) is 0.712. The number of carboxylic acids is 1. The molecular formula is C13H22N2O4. The van der Waals surface area contributed by atoms with E-state index in [1.807, 2.05) is 23.6 Å². The van der Waals surface area contributed by atoms with Gasteiger partial charge >= 0.3 is 5.97 Å². The van der Waals surface area contributed by atoms with Crippen LogP contribution >= 0.6 is 0 Å². The van der Waals surface area contributed by atoms with Gasteiger partial charge in [-0.1, -0.05) is 0 Å². The number of rotatable bonds is 3. The molecule has 2 heterocycles. The van der Waals surface area contributed by atoms with Gasteiger partial charge in [-0.2, -0.15) is 0 Å². The normalized spacial score (nSPS) is 32.5. The van der Waals surface area contributed by atoms with Crippen LogP contribution in [0, 0.1) is 5.92 Å². The molecule has 0 aromatic carbocycles. The average molecular weight is 270 g/mol. The van der Waals surface area contributed by atoms with E-state index in [1.54, 1.807) is 0 Å². The number of morpholine rings is 1. The van der Waals surface area contributed by atoms with Crippen molar-refractivity contribution in [2.45, 2.75) is 32.4 Å². The van der Waals surface area contributed by atoms with Crippen molar-refractivity contribution in [3.05, 3.63) is 0 Å². The zero-order chi connectivity index (χ0) is 14.0. The topological polar surface area (TPSA) is 70.1 Å². The van der Waals surface area contributed by atoms with Gasteiger partial charge in [-0.25, -0.2) is 0 Å². The molecule has 6 nitrogen and oxygen atoms in total. The van der Waals surface area contributed by atoms with E-state index in [2.05, 4.69) is 0 Å². The van der Waals surface area contributed by atoms with Crippen molar-refractivity contribution in [1.82, 2.24) is 9.80 Å². The summed E-state index contributed by atoms with van der Waals surface area (Å²) in [5, 5.41) is 9.08. The first-order chi connectivity index (χ1) is 8.99. The maximum absolute atomic E-state index is 12.2. The molecule has 0 saturated carbocycles. The Bertz CT molecular complexity index is 361. The molecule has 3 unspecified atom stereocenters. The Morgan fingerprint density at radius 3 is 2.63 bits per heavy atom. The summed E-state index contributed by atoms with van der Waals surface area (Å²) in [7, 11) is 0. The summed E-state index contributed by atoms with van der Waals surface area (Å²) in [5.74, 6) is -1.04. The van der Waals surface area contributed by atoms with Crippen LogP contribution in [0.2, 0.25) is 0 Å². The van der Waals surface area contributed by atoms with Crippen molar-refractivity contribution in [1.29, 1.82) is 0 Å². The number of carboxylic acid groups (broad SMARTS) is 1. The fourth-order valence-electron chi connectivity index (χ4n) is 2.88. The van der Waals surface area contributed by atoms with Gasteiger partial charge in [0, 0.05) is 19.1 Å². The van der Waals surface area contributed by atoms with Crippen molar-refractivity contribution in [3.63, 3.8) is 0 Å². The summed E-state index contributed by atoms with van der Waals surface area (Å²) in [5.41, 5.74) is 0. The first-order valence-corrected chi connectivity index (χ1v) is 6.85. The molecule has 0 aromatic rings. The fraction of sp³-hybridized carbons (Fsp3) is 0.846. The number of nitrogens with zero attached hydrogens (tertiary/aromatic N) is 2. The van der Waals surface area contributed by atoms with Crippen molar-refractivity contribution >= 4 is 11.9 Å². The first kappa shape index (κ1) is 14.3. The van der Waals surface area contributed by atoms with Crippen LogP contribution in [0.5, 0.6) is 0 Å². The third-order valence-electron chi connectivity index (χ3n) is 4.13. The van der Waals surface area contributed by atoms with Crippen molar-refractivity contribution in [2.75, 3.05) is 32.8 Å². The second kappa shape index (κ2) is 5.88. The van der Waals surface area contributed by atoms with Crippen LogP contribution < -0.4 is 0 Å². The Morgan fingerprint density at radius 2 is 2.05 bits per heavy atom. The Labute approximate surface area is 113 Å². The van der Waals surface area contributed by atoms with Crippen LogP contribution in [-0.4, -0.2) is 71.7 Å². The fourth-order valence-corrected chi connectivity index (χ4v) is 2.88. The van der Waals surface area contributed by atoms with E-state index in [0.29, 0.717) is 39.2 Å². The maximum Gasteiger partial charge on any atom is 0.308 e. The lowest BCUT2D eigenvalue weighted by atomic mass is 10.0.